The molecule has 0 aliphatic heterocycles. The van der Waals surface area contributed by atoms with E-state index in [4.69, 9.17) is 4.74 Å². The van der Waals surface area contributed by atoms with E-state index in [0.717, 1.165) is 18.3 Å². The van der Waals surface area contributed by atoms with Gasteiger partial charge in [-0.3, -0.25) is 0 Å². The predicted molar refractivity (Wildman–Crippen MR) is 65.2 cm³/mol. The molecule has 0 bridgehead atoms. The molecule has 1 aromatic carbocycles. The highest BCUT2D eigenvalue weighted by molar-refractivity contribution is 5.20. The smallest absolute Gasteiger partial charge is 0.119 e. The summed E-state index contributed by atoms with van der Waals surface area (Å²) < 4.78 is 5.61. The number of unbranched alkanes of at least 4 members (excludes halogenated alkanes) is 2. The van der Waals surface area contributed by atoms with Crippen LogP contribution in [0.15, 0.2) is 30.3 Å². The lowest BCUT2D eigenvalue weighted by atomic mass is 10.1. The lowest BCUT2D eigenvalue weighted by Crippen LogP contribution is -1.97. The topological polar surface area (TPSA) is 9.23 Å². The second-order valence-corrected chi connectivity index (χ2v) is 4.40. The van der Waals surface area contributed by atoms with Gasteiger partial charge in [-0.1, -0.05) is 51.3 Å². The number of ether oxygens (including phenoxy) is 1. The third-order valence-electron chi connectivity index (χ3n) is 2.44. The summed E-state index contributed by atoms with van der Waals surface area (Å²) in [6.07, 6.45) is 5.12. The molecule has 0 aromatic heterocycles. The predicted octanol–water partition coefficient (Wildman–Crippen LogP) is 4.28. The lowest BCUT2D eigenvalue weighted by molar-refractivity contribution is 0.303. The second kappa shape index (κ2) is 7.33. The highest BCUT2D eigenvalue weighted by Gasteiger charge is 1.95. The van der Waals surface area contributed by atoms with Crippen molar-refractivity contribution < 1.29 is 4.74 Å². The Labute approximate surface area is 93.5 Å². The molecule has 1 nitrogen and oxygen atoms in total. The van der Waals surface area contributed by atoms with Crippen molar-refractivity contribution in [3.8, 4) is 5.75 Å². The Kier molecular flexibility index (Phi) is 5.91. The van der Waals surface area contributed by atoms with E-state index in [1.54, 1.807) is 0 Å². The van der Waals surface area contributed by atoms with Gasteiger partial charge in [-0.15, -0.1) is 0 Å². The minimum absolute atomic E-state index is 0.833. The first-order valence-corrected chi connectivity index (χ1v) is 5.97. The van der Waals surface area contributed by atoms with Gasteiger partial charge in [0.1, 0.15) is 5.75 Å². The van der Waals surface area contributed by atoms with Gasteiger partial charge in [0.2, 0.25) is 0 Å². The van der Waals surface area contributed by atoms with E-state index in [1.165, 1.54) is 25.7 Å². The van der Waals surface area contributed by atoms with Crippen molar-refractivity contribution in [1.82, 2.24) is 0 Å². The second-order valence-electron chi connectivity index (χ2n) is 4.40. The van der Waals surface area contributed by atoms with Crippen LogP contribution in [0.4, 0.5) is 0 Å². The SMILES string of the molecule is CC(C)CCCCCOc1ccccc1. The third kappa shape index (κ3) is 6.16. The van der Waals surface area contributed by atoms with Crippen LogP contribution in [0.2, 0.25) is 0 Å². The van der Waals surface area contributed by atoms with Gasteiger partial charge in [-0.25, -0.2) is 0 Å². The Bertz CT molecular complexity index is 241. The van der Waals surface area contributed by atoms with Gasteiger partial charge in [0.15, 0.2) is 0 Å². The van der Waals surface area contributed by atoms with Crippen molar-refractivity contribution in [2.75, 3.05) is 6.61 Å². The lowest BCUT2D eigenvalue weighted by Gasteiger charge is -2.06. The van der Waals surface area contributed by atoms with Crippen molar-refractivity contribution in [2.24, 2.45) is 5.92 Å². The summed E-state index contributed by atoms with van der Waals surface area (Å²) in [6, 6.07) is 10.0. The number of hydrogen-bond donors (Lipinski definition) is 0. The van der Waals surface area contributed by atoms with E-state index < -0.39 is 0 Å². The largest absolute Gasteiger partial charge is 0.494 e. The first kappa shape index (κ1) is 12.1. The number of para-hydroxylation sites is 1. The van der Waals surface area contributed by atoms with Crippen LogP contribution >= 0.6 is 0 Å². The zero-order valence-corrected chi connectivity index (χ0v) is 9.91. The van der Waals surface area contributed by atoms with Crippen molar-refractivity contribution in [2.45, 2.75) is 39.5 Å². The number of rotatable bonds is 7. The van der Waals surface area contributed by atoms with Gasteiger partial charge in [-0.05, 0) is 24.5 Å². The summed E-state index contributed by atoms with van der Waals surface area (Å²) in [4.78, 5) is 0. The van der Waals surface area contributed by atoms with E-state index in [-0.39, 0.29) is 0 Å². The zero-order chi connectivity index (χ0) is 10.9. The molecule has 0 unspecified atom stereocenters. The van der Waals surface area contributed by atoms with Gasteiger partial charge in [0, 0.05) is 0 Å². The Morgan fingerprint density at radius 2 is 1.73 bits per heavy atom. The molecule has 15 heavy (non-hydrogen) atoms. The Morgan fingerprint density at radius 3 is 2.40 bits per heavy atom. The Morgan fingerprint density at radius 1 is 1.00 bits per heavy atom. The normalized spacial score (nSPS) is 10.6. The summed E-state index contributed by atoms with van der Waals surface area (Å²) >= 11 is 0. The summed E-state index contributed by atoms with van der Waals surface area (Å²) in [5, 5.41) is 0. The van der Waals surface area contributed by atoms with Crippen molar-refractivity contribution in [3.63, 3.8) is 0 Å². The fraction of sp³-hybridized carbons (Fsp3) is 0.571. The first-order chi connectivity index (χ1) is 7.29. The molecule has 0 aliphatic rings. The zero-order valence-electron chi connectivity index (χ0n) is 9.91. The molecule has 1 rings (SSSR count). The minimum Gasteiger partial charge on any atom is -0.494 e. The molecule has 0 radical (unpaired) electrons. The van der Waals surface area contributed by atoms with Crippen molar-refractivity contribution in [3.05, 3.63) is 30.3 Å². The molecular formula is C14H22O. The summed E-state index contributed by atoms with van der Waals surface area (Å²) in [7, 11) is 0. The van der Waals surface area contributed by atoms with Crippen LogP contribution in [0.25, 0.3) is 0 Å². The molecule has 0 atom stereocenters. The van der Waals surface area contributed by atoms with E-state index in [1.807, 2.05) is 30.3 Å². The molecule has 84 valence electrons. The molecule has 1 aromatic rings. The molecule has 0 spiro atoms. The molecule has 0 heterocycles. The van der Waals surface area contributed by atoms with Crippen LogP contribution in [0.1, 0.15) is 39.5 Å². The quantitative estimate of drug-likeness (QED) is 0.605. The minimum atomic E-state index is 0.833. The summed E-state index contributed by atoms with van der Waals surface area (Å²) in [6.45, 7) is 5.41. The van der Waals surface area contributed by atoms with E-state index >= 15 is 0 Å². The van der Waals surface area contributed by atoms with Gasteiger partial charge in [0.05, 0.1) is 6.61 Å². The van der Waals surface area contributed by atoms with Crippen molar-refractivity contribution >= 4 is 0 Å². The molecule has 0 saturated heterocycles. The monoisotopic (exact) mass is 206 g/mol. The molecular weight excluding hydrogens is 184 g/mol. The summed E-state index contributed by atoms with van der Waals surface area (Å²) in [5.41, 5.74) is 0. The van der Waals surface area contributed by atoms with Crippen LogP contribution in [0.3, 0.4) is 0 Å². The standard InChI is InChI=1S/C14H22O/c1-13(2)9-5-4-8-12-15-14-10-6-3-7-11-14/h3,6-7,10-11,13H,4-5,8-9,12H2,1-2H3. The van der Waals surface area contributed by atoms with E-state index in [0.29, 0.717) is 0 Å². The molecule has 1 heteroatoms. The van der Waals surface area contributed by atoms with Crippen LogP contribution < -0.4 is 4.74 Å². The highest BCUT2D eigenvalue weighted by Crippen LogP contribution is 2.11. The van der Waals surface area contributed by atoms with Crippen LogP contribution in [-0.4, -0.2) is 6.61 Å². The van der Waals surface area contributed by atoms with Gasteiger partial charge < -0.3 is 4.74 Å². The van der Waals surface area contributed by atoms with E-state index in [2.05, 4.69) is 13.8 Å². The highest BCUT2D eigenvalue weighted by atomic mass is 16.5. The van der Waals surface area contributed by atoms with E-state index in [9.17, 15) is 0 Å². The maximum Gasteiger partial charge on any atom is 0.119 e. The number of hydrogen-bond acceptors (Lipinski definition) is 1. The maximum absolute atomic E-state index is 5.61. The fourth-order valence-electron chi connectivity index (χ4n) is 1.54. The maximum atomic E-state index is 5.61. The fourth-order valence-corrected chi connectivity index (χ4v) is 1.54. The van der Waals surface area contributed by atoms with Crippen LogP contribution in [-0.2, 0) is 0 Å². The molecule has 0 fully saturated rings. The van der Waals surface area contributed by atoms with Crippen molar-refractivity contribution in [1.29, 1.82) is 0 Å². The number of benzene rings is 1. The molecule has 0 amide bonds. The Balaban J connectivity index is 1.98. The molecule has 0 N–H and O–H groups in total. The average molecular weight is 206 g/mol. The first-order valence-electron chi connectivity index (χ1n) is 5.97. The van der Waals surface area contributed by atoms with Gasteiger partial charge in [-0.2, -0.15) is 0 Å². The molecule has 0 saturated carbocycles. The van der Waals surface area contributed by atoms with Gasteiger partial charge in [0.25, 0.3) is 0 Å². The average Bonchev–Trinajstić information content (AvgIpc) is 2.24. The van der Waals surface area contributed by atoms with Gasteiger partial charge >= 0.3 is 0 Å². The Hall–Kier alpha value is -0.980. The van der Waals surface area contributed by atoms with Crippen LogP contribution in [0.5, 0.6) is 5.75 Å². The summed E-state index contributed by atoms with van der Waals surface area (Å²) in [5.74, 6) is 1.82. The third-order valence-corrected chi connectivity index (χ3v) is 2.44. The molecule has 0 aliphatic carbocycles. The van der Waals surface area contributed by atoms with Crippen LogP contribution in [0, 0.1) is 5.92 Å².